The van der Waals surface area contributed by atoms with Gasteiger partial charge in [0.25, 0.3) is 0 Å². The van der Waals surface area contributed by atoms with Crippen LogP contribution in [-0.2, 0) is 20.1 Å². The second kappa shape index (κ2) is 16.4. The molecule has 10 rings (SSSR count). The van der Waals surface area contributed by atoms with Crippen LogP contribution < -0.4 is 0 Å². The van der Waals surface area contributed by atoms with E-state index in [0.29, 0.717) is 28.7 Å². The van der Waals surface area contributed by atoms with Crippen LogP contribution >= 0.6 is 0 Å². The second-order valence-corrected chi connectivity index (χ2v) is 17.2. The van der Waals surface area contributed by atoms with Crippen molar-refractivity contribution in [2.75, 3.05) is 0 Å². The summed E-state index contributed by atoms with van der Waals surface area (Å²) in [5.74, 6) is 1.39. The average molecular weight is 994 g/mol. The summed E-state index contributed by atoms with van der Waals surface area (Å²) in [6.07, 6.45) is 1.82. The standard InChI is InChI=1S/C56H45N6.Ir/c1-34(2)37-19-22-43(23-20-37)61-51-17-10-9-16-46(51)50-31-44(24-26-54(50)61)62-52-18-11-8-15-45(52)49-28-38(21-25-53(49)62)40-29-47(35(3)4)55(48(30-40)36(5)6)60-33-42(32-57)59-56(60)39-13-12-14-41(27-39)58-7;/h8-12,14-31,33-36H,1-6H3;/q-1;. The molecule has 3 aromatic heterocycles. The van der Waals surface area contributed by atoms with Gasteiger partial charge in [0.15, 0.2) is 0 Å². The largest absolute Gasteiger partial charge is 0.338 e. The van der Waals surface area contributed by atoms with Crippen molar-refractivity contribution in [1.29, 1.82) is 5.26 Å². The minimum atomic E-state index is 0. The Hall–Kier alpha value is -7.02. The predicted octanol–water partition coefficient (Wildman–Crippen LogP) is 15.0. The topological polar surface area (TPSA) is 55.8 Å². The summed E-state index contributed by atoms with van der Waals surface area (Å²) in [5, 5.41) is 14.9. The molecule has 0 unspecified atom stereocenters. The number of nitrogens with zero attached hydrogens (tertiary/aromatic N) is 6. The minimum Gasteiger partial charge on any atom is -0.338 e. The first-order chi connectivity index (χ1) is 30.1. The first-order valence-electron chi connectivity index (χ1n) is 21.4. The van der Waals surface area contributed by atoms with Gasteiger partial charge in [0.2, 0.25) is 0 Å². The molecular weight excluding hydrogens is 949 g/mol. The number of rotatable bonds is 8. The van der Waals surface area contributed by atoms with Gasteiger partial charge in [-0.15, -0.1) is 23.8 Å². The first-order valence-corrected chi connectivity index (χ1v) is 21.4. The normalized spacial score (nSPS) is 11.6. The van der Waals surface area contributed by atoms with Gasteiger partial charge in [-0.1, -0.05) is 96.1 Å². The fraction of sp³-hybridized carbons (Fsp3) is 0.161. The molecule has 63 heavy (non-hydrogen) atoms. The fourth-order valence-electron chi connectivity index (χ4n) is 9.27. The van der Waals surface area contributed by atoms with Crippen LogP contribution in [0.25, 0.3) is 88.0 Å². The van der Waals surface area contributed by atoms with Crippen LogP contribution in [0.1, 0.15) is 81.7 Å². The summed E-state index contributed by atoms with van der Waals surface area (Å²) >= 11 is 0. The molecule has 0 atom stereocenters. The van der Waals surface area contributed by atoms with Crippen molar-refractivity contribution < 1.29 is 20.1 Å². The molecule has 0 fully saturated rings. The van der Waals surface area contributed by atoms with Crippen molar-refractivity contribution >= 4 is 49.3 Å². The van der Waals surface area contributed by atoms with E-state index in [2.05, 4.69) is 189 Å². The van der Waals surface area contributed by atoms with E-state index in [-0.39, 0.29) is 31.9 Å². The van der Waals surface area contributed by atoms with Crippen molar-refractivity contribution in [2.24, 2.45) is 0 Å². The van der Waals surface area contributed by atoms with Crippen LogP contribution in [0.5, 0.6) is 0 Å². The van der Waals surface area contributed by atoms with Gasteiger partial charge < -0.3 is 13.7 Å². The van der Waals surface area contributed by atoms with E-state index in [1.54, 1.807) is 18.2 Å². The van der Waals surface area contributed by atoms with Gasteiger partial charge in [-0.05, 0) is 112 Å². The molecule has 1 radical (unpaired) electrons. The third-order valence-electron chi connectivity index (χ3n) is 12.4. The third kappa shape index (κ3) is 6.95. The molecule has 7 aromatic carbocycles. The predicted molar refractivity (Wildman–Crippen MR) is 255 cm³/mol. The third-order valence-corrected chi connectivity index (χ3v) is 12.4. The molecule has 7 heteroatoms. The molecule has 309 valence electrons. The van der Waals surface area contributed by atoms with Crippen molar-refractivity contribution in [3.63, 3.8) is 0 Å². The SMILES string of the molecule is [C-]#[N+]c1cc[c-]c(-c2nc(C#N)cn2-c2c(C(C)C)cc(-c3ccc4c(c3)c3ccccc3n4-c3ccc4c(c3)c3ccccc3n4-c3ccc(C(C)C)cc3)cc2C(C)C)c1.[Ir]. The number of nitriles is 1. The minimum absolute atomic E-state index is 0. The number of benzene rings is 7. The quantitative estimate of drug-likeness (QED) is 0.142. The van der Waals surface area contributed by atoms with E-state index in [4.69, 9.17) is 11.6 Å². The summed E-state index contributed by atoms with van der Waals surface area (Å²) in [7, 11) is 0. The van der Waals surface area contributed by atoms with Gasteiger partial charge in [-0.25, -0.2) is 0 Å². The molecule has 0 saturated carbocycles. The maximum atomic E-state index is 10.0. The zero-order valence-electron chi connectivity index (χ0n) is 36.1. The van der Waals surface area contributed by atoms with Crippen LogP contribution in [0.2, 0.25) is 0 Å². The zero-order chi connectivity index (χ0) is 42.8. The van der Waals surface area contributed by atoms with Gasteiger partial charge in [0.1, 0.15) is 17.5 Å². The van der Waals surface area contributed by atoms with Crippen LogP contribution in [0.3, 0.4) is 0 Å². The Morgan fingerprint density at radius 1 is 0.603 bits per heavy atom. The van der Waals surface area contributed by atoms with E-state index >= 15 is 0 Å². The Kier molecular flexibility index (Phi) is 10.7. The Balaban J connectivity index is 0.00000504. The molecule has 10 aromatic rings. The van der Waals surface area contributed by atoms with Gasteiger partial charge in [-0.3, -0.25) is 9.83 Å². The van der Waals surface area contributed by atoms with E-state index in [1.165, 1.54) is 38.1 Å². The van der Waals surface area contributed by atoms with E-state index in [0.717, 1.165) is 50.3 Å². The molecule has 6 nitrogen and oxygen atoms in total. The summed E-state index contributed by atoms with van der Waals surface area (Å²) < 4.78 is 6.84. The number of hydrogen-bond donors (Lipinski definition) is 0. The molecule has 0 bridgehead atoms. The van der Waals surface area contributed by atoms with Crippen molar-refractivity contribution in [2.45, 2.75) is 59.3 Å². The van der Waals surface area contributed by atoms with Crippen LogP contribution in [-0.4, -0.2) is 18.7 Å². The number of fused-ring (bicyclic) bond motifs is 6. The maximum Gasteiger partial charge on any atom is 0.148 e. The molecule has 0 aliphatic heterocycles. The van der Waals surface area contributed by atoms with E-state index in [1.807, 2.05) is 10.8 Å². The summed E-state index contributed by atoms with van der Waals surface area (Å²) in [6, 6.07) is 55.7. The Bertz CT molecular complexity index is 3440. The first kappa shape index (κ1) is 41.3. The molecule has 0 spiro atoms. The Labute approximate surface area is 381 Å². The van der Waals surface area contributed by atoms with Crippen LogP contribution in [0.15, 0.2) is 146 Å². The zero-order valence-corrected chi connectivity index (χ0v) is 38.5. The fourth-order valence-corrected chi connectivity index (χ4v) is 9.27. The summed E-state index contributed by atoms with van der Waals surface area (Å²) in [6.45, 7) is 21.0. The molecule has 0 aliphatic carbocycles. The number of hydrogen-bond acceptors (Lipinski definition) is 2. The molecule has 0 aliphatic rings. The molecular formula is C56H45IrN6-. The number of para-hydroxylation sites is 2. The second-order valence-electron chi connectivity index (χ2n) is 17.2. The average Bonchev–Trinajstić information content (AvgIpc) is 3.98. The molecule has 0 amide bonds. The van der Waals surface area contributed by atoms with Gasteiger partial charge >= 0.3 is 0 Å². The summed E-state index contributed by atoms with van der Waals surface area (Å²) in [4.78, 5) is 8.39. The summed E-state index contributed by atoms with van der Waals surface area (Å²) in [5.41, 5.74) is 15.4. The number of imidazole rings is 1. The van der Waals surface area contributed by atoms with E-state index in [9.17, 15) is 5.26 Å². The van der Waals surface area contributed by atoms with Crippen LogP contribution in [0, 0.1) is 24.0 Å². The van der Waals surface area contributed by atoms with Gasteiger partial charge in [0.05, 0.1) is 34.5 Å². The Morgan fingerprint density at radius 2 is 1.17 bits per heavy atom. The number of aromatic nitrogens is 4. The Morgan fingerprint density at radius 3 is 1.78 bits per heavy atom. The van der Waals surface area contributed by atoms with Crippen LogP contribution in [0.4, 0.5) is 5.69 Å². The molecule has 3 heterocycles. The maximum absolute atomic E-state index is 10.0. The van der Waals surface area contributed by atoms with Gasteiger partial charge in [-0.2, -0.15) is 11.3 Å². The van der Waals surface area contributed by atoms with Gasteiger partial charge in [0, 0.05) is 64.9 Å². The van der Waals surface area contributed by atoms with Crippen molar-refractivity contribution in [3.8, 4) is 45.6 Å². The molecule has 0 N–H and O–H groups in total. The van der Waals surface area contributed by atoms with E-state index < -0.39 is 0 Å². The monoisotopic (exact) mass is 994 g/mol. The van der Waals surface area contributed by atoms with Crippen molar-refractivity contribution in [1.82, 2.24) is 18.7 Å². The smallest absolute Gasteiger partial charge is 0.148 e. The van der Waals surface area contributed by atoms with Crippen molar-refractivity contribution in [3.05, 3.63) is 186 Å². The molecule has 0 saturated heterocycles.